The Kier molecular flexibility index (Phi) is 3.46. The number of rotatable bonds is 3. The van der Waals surface area contributed by atoms with E-state index in [1.54, 1.807) is 0 Å². The molecule has 1 aromatic heterocycles. The van der Waals surface area contributed by atoms with Gasteiger partial charge in [0.15, 0.2) is 0 Å². The average molecular weight is 271 g/mol. The van der Waals surface area contributed by atoms with Crippen molar-refractivity contribution in [1.29, 1.82) is 0 Å². The molecule has 0 bridgehead atoms. The van der Waals surface area contributed by atoms with Crippen LogP contribution in [0.2, 0.25) is 0 Å². The van der Waals surface area contributed by atoms with Crippen LogP contribution in [0.4, 0.5) is 0 Å². The van der Waals surface area contributed by atoms with Crippen LogP contribution in [0.5, 0.6) is 0 Å². The van der Waals surface area contributed by atoms with Gasteiger partial charge in [-0.3, -0.25) is 0 Å². The van der Waals surface area contributed by atoms with E-state index in [0.717, 1.165) is 5.92 Å². The molecule has 2 heteroatoms. The molecule has 3 rings (SSSR count). The molecule has 1 aromatic carbocycles. The highest BCUT2D eigenvalue weighted by atomic mass is 32.1. The van der Waals surface area contributed by atoms with E-state index in [9.17, 15) is 0 Å². The van der Waals surface area contributed by atoms with Crippen molar-refractivity contribution in [2.45, 2.75) is 45.1 Å². The van der Waals surface area contributed by atoms with Crippen LogP contribution in [0, 0.1) is 13.8 Å². The summed E-state index contributed by atoms with van der Waals surface area (Å²) in [6, 6.07) is 11.2. The number of nitrogens with two attached hydrogens (primary N) is 1. The Balaban J connectivity index is 1.81. The summed E-state index contributed by atoms with van der Waals surface area (Å²) >= 11 is 1.82. The number of benzene rings is 1. The molecule has 2 N–H and O–H groups in total. The normalized spacial score (nSPS) is 17.2. The Hall–Kier alpha value is -1.12. The Morgan fingerprint density at radius 2 is 1.84 bits per heavy atom. The first kappa shape index (κ1) is 12.9. The van der Waals surface area contributed by atoms with Crippen LogP contribution in [0.1, 0.15) is 57.7 Å². The third kappa shape index (κ3) is 2.47. The third-order valence-corrected chi connectivity index (χ3v) is 5.60. The summed E-state index contributed by atoms with van der Waals surface area (Å²) in [5.74, 6) is 0.802. The van der Waals surface area contributed by atoms with Gasteiger partial charge >= 0.3 is 0 Å². The van der Waals surface area contributed by atoms with E-state index in [1.807, 2.05) is 11.3 Å². The number of hydrogen-bond donors (Lipinski definition) is 1. The summed E-state index contributed by atoms with van der Waals surface area (Å²) in [4.78, 5) is 2.64. The monoisotopic (exact) mass is 271 g/mol. The van der Waals surface area contributed by atoms with Gasteiger partial charge in [0.2, 0.25) is 0 Å². The van der Waals surface area contributed by atoms with E-state index >= 15 is 0 Å². The van der Waals surface area contributed by atoms with Crippen LogP contribution < -0.4 is 5.73 Å². The zero-order chi connectivity index (χ0) is 13.4. The van der Waals surface area contributed by atoms with Gasteiger partial charge in [0.05, 0.1) is 6.04 Å². The molecule has 0 amide bonds. The summed E-state index contributed by atoms with van der Waals surface area (Å²) in [5.41, 5.74) is 10.4. The molecule has 1 aliphatic rings. The van der Waals surface area contributed by atoms with Crippen molar-refractivity contribution >= 4 is 11.3 Å². The Labute approximate surface area is 119 Å². The zero-order valence-corrected chi connectivity index (χ0v) is 12.5. The van der Waals surface area contributed by atoms with E-state index < -0.39 is 0 Å². The fraction of sp³-hybridized carbons (Fsp3) is 0.412. The highest BCUT2D eigenvalue weighted by molar-refractivity contribution is 7.12. The van der Waals surface area contributed by atoms with E-state index in [-0.39, 0.29) is 6.04 Å². The van der Waals surface area contributed by atoms with E-state index in [4.69, 9.17) is 5.73 Å². The maximum absolute atomic E-state index is 6.38. The first-order valence-electron chi connectivity index (χ1n) is 7.07. The fourth-order valence-corrected chi connectivity index (χ4v) is 3.71. The molecule has 100 valence electrons. The van der Waals surface area contributed by atoms with Crippen LogP contribution in [0.15, 0.2) is 30.3 Å². The van der Waals surface area contributed by atoms with E-state index in [1.165, 1.54) is 45.7 Å². The molecule has 2 aromatic rings. The van der Waals surface area contributed by atoms with Gasteiger partial charge in [-0.15, -0.1) is 11.3 Å². The molecular formula is C17H21NS. The first-order chi connectivity index (χ1) is 9.15. The summed E-state index contributed by atoms with van der Waals surface area (Å²) in [6.45, 7) is 4.32. The lowest BCUT2D eigenvalue weighted by Crippen LogP contribution is -2.12. The number of aryl methyl sites for hydroxylation is 2. The van der Waals surface area contributed by atoms with Crippen LogP contribution >= 0.6 is 11.3 Å². The standard InChI is InChI=1S/C17H21NS/c1-11-10-16(19-12(11)2)17(18)15-8-6-14(7-9-15)13-4-3-5-13/h6-10,13,17H,3-5,18H2,1-2H3. The molecule has 1 saturated carbocycles. The van der Waals surface area contributed by atoms with Crippen molar-refractivity contribution in [3.8, 4) is 0 Å². The van der Waals surface area contributed by atoms with Crippen molar-refractivity contribution in [2.75, 3.05) is 0 Å². The van der Waals surface area contributed by atoms with Crippen molar-refractivity contribution in [1.82, 2.24) is 0 Å². The van der Waals surface area contributed by atoms with Crippen molar-refractivity contribution in [3.05, 3.63) is 56.8 Å². The molecule has 1 nitrogen and oxygen atoms in total. The second-order valence-electron chi connectivity index (χ2n) is 5.66. The van der Waals surface area contributed by atoms with Crippen molar-refractivity contribution in [2.24, 2.45) is 5.73 Å². The summed E-state index contributed by atoms with van der Waals surface area (Å²) < 4.78 is 0. The second-order valence-corrected chi connectivity index (χ2v) is 6.95. The zero-order valence-electron chi connectivity index (χ0n) is 11.6. The summed E-state index contributed by atoms with van der Waals surface area (Å²) in [5, 5.41) is 0. The predicted molar refractivity (Wildman–Crippen MR) is 82.9 cm³/mol. The van der Waals surface area contributed by atoms with Gasteiger partial charge in [0.1, 0.15) is 0 Å². The minimum absolute atomic E-state index is 0.0211. The minimum atomic E-state index is 0.0211. The fourth-order valence-electron chi connectivity index (χ4n) is 2.64. The SMILES string of the molecule is Cc1cc(C(N)c2ccc(C3CCC3)cc2)sc1C. The number of hydrogen-bond acceptors (Lipinski definition) is 2. The van der Waals surface area contributed by atoms with Gasteiger partial charge in [-0.25, -0.2) is 0 Å². The molecule has 1 unspecified atom stereocenters. The maximum atomic E-state index is 6.38. The van der Waals surface area contributed by atoms with Crippen molar-refractivity contribution in [3.63, 3.8) is 0 Å². The first-order valence-corrected chi connectivity index (χ1v) is 7.89. The molecule has 0 saturated heterocycles. The molecule has 0 radical (unpaired) electrons. The van der Waals surface area contributed by atoms with Crippen LogP contribution in [0.25, 0.3) is 0 Å². The van der Waals surface area contributed by atoms with Crippen LogP contribution in [-0.2, 0) is 0 Å². The summed E-state index contributed by atoms with van der Waals surface area (Å²) in [7, 11) is 0. The van der Waals surface area contributed by atoms with Gasteiger partial charge in [-0.05, 0) is 55.4 Å². The smallest absolute Gasteiger partial charge is 0.0646 e. The molecular weight excluding hydrogens is 250 g/mol. The molecule has 19 heavy (non-hydrogen) atoms. The average Bonchev–Trinajstić information content (AvgIpc) is 2.68. The Morgan fingerprint density at radius 3 is 2.32 bits per heavy atom. The third-order valence-electron chi connectivity index (χ3n) is 4.36. The molecule has 1 aliphatic carbocycles. The predicted octanol–water partition coefficient (Wildman–Crippen LogP) is 4.68. The van der Waals surface area contributed by atoms with Gasteiger partial charge in [0.25, 0.3) is 0 Å². The molecule has 0 aliphatic heterocycles. The molecule has 1 atom stereocenters. The molecule has 0 spiro atoms. The Bertz CT molecular complexity index is 544. The second kappa shape index (κ2) is 5.10. The van der Waals surface area contributed by atoms with Crippen LogP contribution in [0.3, 0.4) is 0 Å². The highest BCUT2D eigenvalue weighted by Gasteiger charge is 2.19. The largest absolute Gasteiger partial charge is 0.320 e. The van der Waals surface area contributed by atoms with E-state index in [2.05, 4.69) is 44.2 Å². The number of thiophene rings is 1. The summed E-state index contributed by atoms with van der Waals surface area (Å²) in [6.07, 6.45) is 4.10. The quantitative estimate of drug-likeness (QED) is 0.861. The van der Waals surface area contributed by atoms with Gasteiger partial charge < -0.3 is 5.73 Å². The van der Waals surface area contributed by atoms with Crippen molar-refractivity contribution < 1.29 is 0 Å². The topological polar surface area (TPSA) is 26.0 Å². The van der Waals surface area contributed by atoms with Gasteiger partial charge in [-0.1, -0.05) is 30.7 Å². The maximum Gasteiger partial charge on any atom is 0.0646 e. The lowest BCUT2D eigenvalue weighted by Gasteiger charge is -2.26. The van der Waals surface area contributed by atoms with Crippen LogP contribution in [-0.4, -0.2) is 0 Å². The lowest BCUT2D eigenvalue weighted by atomic mass is 9.80. The Morgan fingerprint density at radius 1 is 1.16 bits per heavy atom. The minimum Gasteiger partial charge on any atom is -0.320 e. The molecule has 1 fully saturated rings. The van der Waals surface area contributed by atoms with Gasteiger partial charge in [-0.2, -0.15) is 0 Å². The highest BCUT2D eigenvalue weighted by Crippen LogP contribution is 2.37. The molecule has 1 heterocycles. The van der Waals surface area contributed by atoms with Gasteiger partial charge in [0, 0.05) is 9.75 Å². The lowest BCUT2D eigenvalue weighted by molar-refractivity contribution is 0.419. The van der Waals surface area contributed by atoms with E-state index in [0.29, 0.717) is 0 Å².